The van der Waals surface area contributed by atoms with Crippen LogP contribution in [0.1, 0.15) is 6.42 Å². The summed E-state index contributed by atoms with van der Waals surface area (Å²) in [5, 5.41) is 0. The van der Waals surface area contributed by atoms with E-state index < -0.39 is 0 Å². The highest BCUT2D eigenvalue weighted by atomic mass is 79.9. The van der Waals surface area contributed by atoms with E-state index >= 15 is 0 Å². The predicted octanol–water partition coefficient (Wildman–Crippen LogP) is 2.40. The second kappa shape index (κ2) is 2.55. The third kappa shape index (κ3) is 1.26. The Morgan fingerprint density at radius 1 is 1.75 bits per heavy atom. The first-order valence-corrected chi connectivity index (χ1v) is 3.48. The highest BCUT2D eigenvalue weighted by Crippen LogP contribution is 2.14. The lowest BCUT2D eigenvalue weighted by atomic mass is 10.2. The molecule has 0 atom stereocenters. The van der Waals surface area contributed by atoms with Crippen molar-refractivity contribution in [3.8, 4) is 0 Å². The first-order chi connectivity index (χ1) is 3.80. The molecule has 0 aromatic rings. The molecule has 0 fully saturated rings. The van der Waals surface area contributed by atoms with Crippen LogP contribution in [0.3, 0.4) is 0 Å². The van der Waals surface area contributed by atoms with Crippen LogP contribution in [0.2, 0.25) is 0 Å². The van der Waals surface area contributed by atoms with Gasteiger partial charge in [0.25, 0.3) is 0 Å². The Morgan fingerprint density at radius 2 is 2.50 bits per heavy atom. The molecular weight excluding hydrogens is 184 g/mol. The third-order valence-electron chi connectivity index (χ3n) is 0.876. The van der Waals surface area contributed by atoms with Crippen LogP contribution in [-0.4, -0.2) is 4.86 Å². The number of allylic oxidation sites excluding steroid dienone is 4. The summed E-state index contributed by atoms with van der Waals surface area (Å²) in [5.74, 6) is 0. The Balaban J connectivity index is 2.80. The molecule has 2 heteroatoms. The monoisotopic (exact) mass is 187 g/mol. The van der Waals surface area contributed by atoms with Crippen LogP contribution in [0.5, 0.6) is 0 Å². The zero-order chi connectivity index (χ0) is 5.98. The number of thiocarbonyl (C=S) groups is 1. The average molecular weight is 188 g/mol. The topological polar surface area (TPSA) is 0 Å². The number of hydrogen-bond acceptors (Lipinski definition) is 1. The van der Waals surface area contributed by atoms with Gasteiger partial charge >= 0.3 is 0 Å². The summed E-state index contributed by atoms with van der Waals surface area (Å²) in [6.07, 6.45) is 7.69. The summed E-state index contributed by atoms with van der Waals surface area (Å²) in [5.41, 5.74) is 0. The maximum atomic E-state index is 4.93. The summed E-state index contributed by atoms with van der Waals surface area (Å²) in [4.78, 5) is 0.938. The molecule has 1 rings (SSSR count). The Labute approximate surface area is 62.4 Å². The fraction of sp³-hybridized carbons (Fsp3) is 0.167. The van der Waals surface area contributed by atoms with Gasteiger partial charge in [-0.25, -0.2) is 0 Å². The molecule has 1 aliphatic rings. The highest BCUT2D eigenvalue weighted by Gasteiger charge is 2.00. The Bertz CT molecular complexity index is 167. The first-order valence-electron chi connectivity index (χ1n) is 2.28. The van der Waals surface area contributed by atoms with Crippen LogP contribution in [-0.2, 0) is 0 Å². The predicted molar refractivity (Wildman–Crippen MR) is 42.0 cm³/mol. The van der Waals surface area contributed by atoms with Gasteiger partial charge in [-0.3, -0.25) is 0 Å². The number of halogens is 1. The second-order valence-electron chi connectivity index (χ2n) is 1.49. The summed E-state index contributed by atoms with van der Waals surface area (Å²) in [6.45, 7) is 0. The van der Waals surface area contributed by atoms with E-state index in [0.29, 0.717) is 0 Å². The van der Waals surface area contributed by atoms with Crippen molar-refractivity contribution in [2.45, 2.75) is 6.42 Å². The van der Waals surface area contributed by atoms with Gasteiger partial charge in [0.1, 0.15) is 0 Å². The molecule has 41 valence electrons. The van der Waals surface area contributed by atoms with E-state index in [-0.39, 0.29) is 0 Å². The Morgan fingerprint density at radius 3 is 2.88 bits per heavy atom. The van der Waals surface area contributed by atoms with Gasteiger partial charge in [0.15, 0.2) is 0 Å². The van der Waals surface area contributed by atoms with Gasteiger partial charge in [-0.15, -0.1) is 0 Å². The Kier molecular flexibility index (Phi) is 1.97. The molecule has 0 N–H and O–H groups in total. The summed E-state index contributed by atoms with van der Waals surface area (Å²) in [7, 11) is 0. The van der Waals surface area contributed by atoms with Crippen molar-refractivity contribution < 1.29 is 0 Å². The normalized spacial score (nSPS) is 18.6. The van der Waals surface area contributed by atoms with Crippen LogP contribution in [0.15, 0.2) is 16.6 Å². The van der Waals surface area contributed by atoms with Crippen LogP contribution < -0.4 is 0 Å². The van der Waals surface area contributed by atoms with E-state index in [2.05, 4.69) is 22.0 Å². The van der Waals surface area contributed by atoms with Crippen molar-refractivity contribution in [1.82, 2.24) is 0 Å². The van der Waals surface area contributed by atoms with Gasteiger partial charge < -0.3 is 0 Å². The minimum atomic E-state index is 0.878. The summed E-state index contributed by atoms with van der Waals surface area (Å²) < 4.78 is 0.926. The SMILES string of the molecule is S=C1CC=C[C]=C1Br. The smallest absolute Gasteiger partial charge is 0.0396 e. The van der Waals surface area contributed by atoms with Gasteiger partial charge in [-0.1, -0.05) is 24.4 Å². The standard InChI is InChI=1S/C6H4BrS/c7-5-3-1-2-4-6(5)8/h1-2H,4H2. The number of hydrogen-bond donors (Lipinski definition) is 0. The molecule has 1 aliphatic carbocycles. The average Bonchev–Trinajstić information content (AvgIpc) is 1.77. The highest BCUT2D eigenvalue weighted by molar-refractivity contribution is 9.12. The van der Waals surface area contributed by atoms with E-state index in [1.54, 1.807) is 0 Å². The molecule has 0 aromatic carbocycles. The lowest BCUT2D eigenvalue weighted by Crippen LogP contribution is -1.94. The van der Waals surface area contributed by atoms with Gasteiger partial charge in [-0.2, -0.15) is 0 Å². The van der Waals surface area contributed by atoms with Crippen molar-refractivity contribution in [2.75, 3.05) is 0 Å². The van der Waals surface area contributed by atoms with E-state index in [0.717, 1.165) is 15.8 Å². The largest absolute Gasteiger partial charge is 0.0833 e. The molecule has 0 bridgehead atoms. The summed E-state index contributed by atoms with van der Waals surface area (Å²) >= 11 is 8.20. The number of rotatable bonds is 0. The van der Waals surface area contributed by atoms with Gasteiger partial charge in [0.05, 0.1) is 0 Å². The molecule has 0 saturated carbocycles. The lowest BCUT2D eigenvalue weighted by Gasteiger charge is -1.99. The van der Waals surface area contributed by atoms with Crippen LogP contribution in [0.25, 0.3) is 0 Å². The minimum absolute atomic E-state index is 0.878. The van der Waals surface area contributed by atoms with Gasteiger partial charge in [-0.05, 0) is 22.0 Å². The van der Waals surface area contributed by atoms with Crippen LogP contribution >= 0.6 is 28.1 Å². The fourth-order valence-corrected chi connectivity index (χ4v) is 0.917. The zero-order valence-electron chi connectivity index (χ0n) is 4.15. The molecule has 0 nitrogen and oxygen atoms in total. The molecule has 0 aliphatic heterocycles. The molecule has 1 radical (unpaired) electrons. The first kappa shape index (κ1) is 6.17. The maximum absolute atomic E-state index is 4.93. The molecule has 0 heterocycles. The quantitative estimate of drug-likeness (QED) is 0.526. The van der Waals surface area contributed by atoms with Gasteiger partial charge in [0, 0.05) is 15.8 Å². The molecule has 0 aromatic heterocycles. The van der Waals surface area contributed by atoms with Crippen molar-refractivity contribution in [1.29, 1.82) is 0 Å². The van der Waals surface area contributed by atoms with Crippen LogP contribution in [0, 0.1) is 6.08 Å². The van der Waals surface area contributed by atoms with Crippen LogP contribution in [0.4, 0.5) is 0 Å². The van der Waals surface area contributed by atoms with Crippen molar-refractivity contribution in [2.24, 2.45) is 0 Å². The minimum Gasteiger partial charge on any atom is -0.0833 e. The maximum Gasteiger partial charge on any atom is 0.0396 e. The van der Waals surface area contributed by atoms with Crippen molar-refractivity contribution >= 4 is 33.0 Å². The third-order valence-corrected chi connectivity index (χ3v) is 2.22. The Hall–Kier alpha value is 0.0500. The zero-order valence-corrected chi connectivity index (χ0v) is 6.55. The van der Waals surface area contributed by atoms with Crippen molar-refractivity contribution in [3.05, 3.63) is 22.7 Å². The molecular formula is C6H4BrS. The summed E-state index contributed by atoms with van der Waals surface area (Å²) in [6, 6.07) is 0. The van der Waals surface area contributed by atoms with E-state index in [1.807, 2.05) is 12.2 Å². The molecule has 0 unspecified atom stereocenters. The lowest BCUT2D eigenvalue weighted by molar-refractivity contribution is 1.48. The van der Waals surface area contributed by atoms with Crippen molar-refractivity contribution in [3.63, 3.8) is 0 Å². The van der Waals surface area contributed by atoms with E-state index in [4.69, 9.17) is 12.2 Å². The molecule has 0 saturated heterocycles. The van der Waals surface area contributed by atoms with E-state index in [9.17, 15) is 0 Å². The van der Waals surface area contributed by atoms with E-state index in [1.165, 1.54) is 0 Å². The molecule has 8 heavy (non-hydrogen) atoms. The fourth-order valence-electron chi connectivity index (χ4n) is 0.468. The second-order valence-corrected chi connectivity index (χ2v) is 2.77. The molecule has 0 amide bonds. The molecule has 0 spiro atoms. The van der Waals surface area contributed by atoms with Gasteiger partial charge in [0.2, 0.25) is 0 Å².